The molecule has 0 saturated carbocycles. The molecule has 2 aromatic carbocycles. The number of thiazole rings is 1. The third-order valence-electron chi connectivity index (χ3n) is 4.31. The Labute approximate surface area is 161 Å². The monoisotopic (exact) mass is 400 g/mol. The number of aromatic hydroxyl groups is 1. The number of ether oxygens (including phenoxy) is 2. The number of halogens is 1. The van der Waals surface area contributed by atoms with E-state index in [9.17, 15) is 19.1 Å². The summed E-state index contributed by atoms with van der Waals surface area (Å²) >= 11 is 0.666. The van der Waals surface area contributed by atoms with Gasteiger partial charge in [-0.2, -0.15) is 0 Å². The molecule has 142 valence electrons. The van der Waals surface area contributed by atoms with Gasteiger partial charge in [0.25, 0.3) is 5.91 Å². The average Bonchev–Trinajstić information content (AvgIpc) is 3.15. The van der Waals surface area contributed by atoms with Crippen molar-refractivity contribution < 1.29 is 23.8 Å². The topological polar surface area (TPSA) is 90.1 Å². The van der Waals surface area contributed by atoms with Gasteiger partial charge in [-0.25, -0.2) is 13.9 Å². The molecule has 0 bridgehead atoms. The van der Waals surface area contributed by atoms with Crippen molar-refractivity contribution in [1.29, 1.82) is 0 Å². The Kier molecular flexibility index (Phi) is 4.23. The molecular formula is C19H13FN2O5S. The average molecular weight is 400 g/mol. The van der Waals surface area contributed by atoms with Gasteiger partial charge >= 0.3 is 4.87 Å². The molecule has 7 nitrogen and oxygen atoms in total. The largest absolute Gasteiger partial charge is 0.497 e. The maximum atomic E-state index is 13.7. The third kappa shape index (κ3) is 2.67. The smallest absolute Gasteiger partial charge is 0.315 e. The van der Waals surface area contributed by atoms with Crippen molar-refractivity contribution in [2.45, 2.75) is 0 Å². The molecule has 9 heteroatoms. The Bertz CT molecular complexity index is 1310. The van der Waals surface area contributed by atoms with Crippen molar-refractivity contribution in [2.24, 2.45) is 4.99 Å². The molecule has 1 aliphatic rings. The van der Waals surface area contributed by atoms with Gasteiger partial charge in [0.15, 0.2) is 0 Å². The molecule has 4 rings (SSSR count). The zero-order chi connectivity index (χ0) is 20.0. The van der Waals surface area contributed by atoms with Gasteiger partial charge in [0.2, 0.25) is 5.88 Å². The van der Waals surface area contributed by atoms with E-state index in [1.165, 1.54) is 26.4 Å². The maximum Gasteiger partial charge on any atom is 0.315 e. The first-order valence-electron chi connectivity index (χ1n) is 8.05. The Morgan fingerprint density at radius 2 is 1.89 bits per heavy atom. The Hall–Kier alpha value is -3.46. The highest BCUT2D eigenvalue weighted by Crippen LogP contribution is 2.34. The first-order chi connectivity index (χ1) is 13.4. The van der Waals surface area contributed by atoms with Crippen LogP contribution in [0, 0.1) is 5.82 Å². The van der Waals surface area contributed by atoms with E-state index < -0.39 is 22.5 Å². The van der Waals surface area contributed by atoms with Gasteiger partial charge in [-0.3, -0.25) is 9.59 Å². The van der Waals surface area contributed by atoms with Crippen LogP contribution in [-0.4, -0.2) is 29.8 Å². The van der Waals surface area contributed by atoms with E-state index in [0.717, 1.165) is 10.6 Å². The molecule has 1 N–H and O–H groups in total. The quantitative estimate of drug-likeness (QED) is 0.709. The normalized spacial score (nSPS) is 12.7. The predicted molar refractivity (Wildman–Crippen MR) is 99.4 cm³/mol. The molecule has 0 spiro atoms. The van der Waals surface area contributed by atoms with Crippen molar-refractivity contribution in [2.75, 3.05) is 14.2 Å². The van der Waals surface area contributed by atoms with Crippen molar-refractivity contribution in [1.82, 2.24) is 4.57 Å². The van der Waals surface area contributed by atoms with Crippen LogP contribution in [0.2, 0.25) is 0 Å². The number of amides is 1. The summed E-state index contributed by atoms with van der Waals surface area (Å²) in [5.74, 6) is -0.850. The number of aromatic nitrogens is 1. The number of rotatable bonds is 4. The molecule has 0 unspecified atom stereocenters. The second-order valence-electron chi connectivity index (χ2n) is 5.85. The van der Waals surface area contributed by atoms with Gasteiger partial charge in [0.1, 0.15) is 22.2 Å². The second-order valence-corrected chi connectivity index (χ2v) is 6.81. The van der Waals surface area contributed by atoms with E-state index in [1.807, 2.05) is 0 Å². The lowest BCUT2D eigenvalue weighted by Crippen LogP contribution is -2.23. The first-order valence-corrected chi connectivity index (χ1v) is 8.86. The number of hydrogen-bond acceptors (Lipinski definition) is 6. The summed E-state index contributed by atoms with van der Waals surface area (Å²) in [5, 5.41) is 11.3. The molecule has 2 heterocycles. The molecule has 28 heavy (non-hydrogen) atoms. The zero-order valence-electron chi connectivity index (χ0n) is 14.7. The molecule has 0 atom stereocenters. The van der Waals surface area contributed by atoms with E-state index in [2.05, 4.69) is 4.99 Å². The molecule has 1 aliphatic heterocycles. The van der Waals surface area contributed by atoms with E-state index in [4.69, 9.17) is 9.47 Å². The number of hydrogen-bond donors (Lipinski definition) is 1. The SMILES string of the molecule is COc1ccc(-n2c(O)c(C3=c4cc(F)ccc4=NC3=O)sc2=O)c(OC)c1. The van der Waals surface area contributed by atoms with E-state index in [0.29, 0.717) is 22.8 Å². The third-order valence-corrected chi connectivity index (χ3v) is 5.25. The number of fused-ring (bicyclic) bond motifs is 1. The van der Waals surface area contributed by atoms with Crippen LogP contribution in [0.1, 0.15) is 4.88 Å². The fraction of sp³-hybridized carbons (Fsp3) is 0.105. The maximum absolute atomic E-state index is 13.7. The van der Waals surface area contributed by atoms with Crippen LogP contribution in [0.4, 0.5) is 4.39 Å². The van der Waals surface area contributed by atoms with Crippen LogP contribution in [0.15, 0.2) is 46.2 Å². The standard InChI is InChI=1S/C19H13FN2O5S/c1-26-10-4-6-13(14(8-10)27-2)22-18(24)16(28-19(22)25)15-11-7-9(20)3-5-12(11)21-17(15)23/h3-8,24H,1-2H3. The highest BCUT2D eigenvalue weighted by atomic mass is 32.1. The summed E-state index contributed by atoms with van der Waals surface area (Å²) in [6.45, 7) is 0. The summed E-state index contributed by atoms with van der Waals surface area (Å²) in [5.41, 5.74) is 0.260. The minimum absolute atomic E-state index is 0.0136. The number of benzene rings is 2. The molecule has 0 saturated heterocycles. The number of carbonyl (C=O) groups excluding carboxylic acids is 1. The molecule has 3 aromatic rings. The second kappa shape index (κ2) is 6.61. The summed E-state index contributed by atoms with van der Waals surface area (Å²) < 4.78 is 25.1. The van der Waals surface area contributed by atoms with Gasteiger partial charge in [0.05, 0.1) is 30.8 Å². The minimum atomic E-state index is -0.647. The van der Waals surface area contributed by atoms with E-state index >= 15 is 0 Å². The summed E-state index contributed by atoms with van der Waals surface area (Å²) in [7, 11) is 2.91. The fourth-order valence-electron chi connectivity index (χ4n) is 3.02. The van der Waals surface area contributed by atoms with Crippen molar-refractivity contribution in [3.05, 3.63) is 67.3 Å². The van der Waals surface area contributed by atoms with Gasteiger partial charge in [0, 0.05) is 11.3 Å². The van der Waals surface area contributed by atoms with E-state index in [-0.39, 0.29) is 26.7 Å². The van der Waals surface area contributed by atoms with Crippen LogP contribution in [0.5, 0.6) is 17.4 Å². The van der Waals surface area contributed by atoms with Crippen LogP contribution < -0.4 is 24.9 Å². The number of methoxy groups -OCH3 is 2. The summed E-state index contributed by atoms with van der Waals surface area (Å²) in [4.78, 5) is 28.3. The van der Waals surface area contributed by atoms with Crippen LogP contribution in [0.25, 0.3) is 11.3 Å². The molecule has 0 aliphatic carbocycles. The molecule has 1 amide bonds. The van der Waals surface area contributed by atoms with Crippen LogP contribution in [-0.2, 0) is 4.79 Å². The lowest BCUT2D eigenvalue weighted by atomic mass is 10.1. The Balaban J connectivity index is 1.98. The summed E-state index contributed by atoms with van der Waals surface area (Å²) in [6, 6.07) is 8.43. The zero-order valence-corrected chi connectivity index (χ0v) is 15.5. The van der Waals surface area contributed by atoms with Gasteiger partial charge < -0.3 is 14.6 Å². The van der Waals surface area contributed by atoms with Crippen LogP contribution in [0.3, 0.4) is 0 Å². The van der Waals surface area contributed by atoms with Crippen molar-refractivity contribution in [3.63, 3.8) is 0 Å². The fourth-order valence-corrected chi connectivity index (χ4v) is 3.95. The molecule has 1 aromatic heterocycles. The highest BCUT2D eigenvalue weighted by Gasteiger charge is 2.27. The highest BCUT2D eigenvalue weighted by molar-refractivity contribution is 7.11. The van der Waals surface area contributed by atoms with Crippen molar-refractivity contribution in [3.8, 4) is 23.1 Å². The van der Waals surface area contributed by atoms with Gasteiger partial charge in [-0.15, -0.1) is 0 Å². The lowest BCUT2D eigenvalue weighted by molar-refractivity contribution is -0.112. The first kappa shape index (κ1) is 17.9. The molecular weight excluding hydrogens is 387 g/mol. The number of carbonyl (C=O) groups is 1. The Morgan fingerprint density at radius 1 is 1.11 bits per heavy atom. The predicted octanol–water partition coefficient (Wildman–Crippen LogP) is 1.12. The van der Waals surface area contributed by atoms with Gasteiger partial charge in [-0.1, -0.05) is 11.3 Å². The summed E-state index contributed by atoms with van der Waals surface area (Å²) in [6.07, 6.45) is 0. The van der Waals surface area contributed by atoms with Crippen LogP contribution >= 0.6 is 11.3 Å². The lowest BCUT2D eigenvalue weighted by Gasteiger charge is -2.11. The Morgan fingerprint density at radius 3 is 2.61 bits per heavy atom. The van der Waals surface area contributed by atoms with Crippen molar-refractivity contribution >= 4 is 22.8 Å². The molecule has 0 fully saturated rings. The van der Waals surface area contributed by atoms with Gasteiger partial charge in [-0.05, 0) is 30.3 Å². The number of nitrogens with zero attached hydrogens (tertiary/aromatic N) is 2. The molecule has 0 radical (unpaired) electrons. The minimum Gasteiger partial charge on any atom is -0.497 e. The van der Waals surface area contributed by atoms with E-state index in [1.54, 1.807) is 18.2 Å².